The van der Waals surface area contributed by atoms with E-state index in [9.17, 15) is 4.79 Å². The number of piperazine rings is 1. The van der Waals surface area contributed by atoms with E-state index in [2.05, 4.69) is 39.3 Å². The Hall–Kier alpha value is -1.30. The molecule has 2 saturated carbocycles. The zero-order chi connectivity index (χ0) is 20.0. The minimum Gasteiger partial charge on any atom is -0.356 e. The van der Waals surface area contributed by atoms with Crippen LogP contribution in [0.5, 0.6) is 0 Å². The molecular weight excluding hydrogens is 350 g/mol. The van der Waals surface area contributed by atoms with Crippen molar-refractivity contribution >= 4 is 11.9 Å². The van der Waals surface area contributed by atoms with Gasteiger partial charge in [0.25, 0.3) is 0 Å². The number of aliphatic imine (C=N–C) groups is 1. The molecule has 0 aromatic heterocycles. The van der Waals surface area contributed by atoms with Crippen LogP contribution in [0.2, 0.25) is 0 Å². The lowest BCUT2D eigenvalue weighted by molar-refractivity contribution is -0.139. The van der Waals surface area contributed by atoms with E-state index in [1.807, 2.05) is 7.05 Å². The van der Waals surface area contributed by atoms with Gasteiger partial charge in [-0.25, -0.2) is 0 Å². The van der Waals surface area contributed by atoms with Crippen LogP contribution >= 0.6 is 0 Å². The molecule has 0 bridgehead atoms. The molecule has 1 aliphatic heterocycles. The Kier molecular flexibility index (Phi) is 7.61. The van der Waals surface area contributed by atoms with Crippen molar-refractivity contribution < 1.29 is 4.79 Å². The molecule has 0 spiro atoms. The molecule has 28 heavy (non-hydrogen) atoms. The molecule has 3 rings (SSSR count). The first-order valence-corrected chi connectivity index (χ1v) is 11.5. The van der Waals surface area contributed by atoms with Crippen LogP contribution < -0.4 is 10.6 Å². The summed E-state index contributed by atoms with van der Waals surface area (Å²) in [4.78, 5) is 21.3. The van der Waals surface area contributed by atoms with Crippen LogP contribution in [-0.2, 0) is 4.79 Å². The van der Waals surface area contributed by atoms with E-state index in [1.165, 1.54) is 32.1 Å². The summed E-state index contributed by atoms with van der Waals surface area (Å²) in [5.74, 6) is 2.41. The van der Waals surface area contributed by atoms with Crippen LogP contribution in [-0.4, -0.2) is 74.5 Å². The van der Waals surface area contributed by atoms with Crippen LogP contribution in [0.4, 0.5) is 0 Å². The van der Waals surface area contributed by atoms with Gasteiger partial charge in [0.05, 0.1) is 0 Å². The third kappa shape index (κ3) is 5.62. The van der Waals surface area contributed by atoms with Crippen LogP contribution in [0.25, 0.3) is 0 Å². The van der Waals surface area contributed by atoms with Crippen molar-refractivity contribution in [2.75, 3.05) is 52.9 Å². The van der Waals surface area contributed by atoms with Gasteiger partial charge >= 0.3 is 0 Å². The number of nitrogens with one attached hydrogen (secondary N) is 2. The number of amides is 1. The topological polar surface area (TPSA) is 60.0 Å². The van der Waals surface area contributed by atoms with Crippen molar-refractivity contribution in [3.8, 4) is 0 Å². The molecule has 6 heteroatoms. The Labute approximate surface area is 171 Å². The van der Waals surface area contributed by atoms with E-state index in [0.29, 0.717) is 17.2 Å². The number of nitrogens with zero attached hydrogens (tertiary/aromatic N) is 3. The van der Waals surface area contributed by atoms with Gasteiger partial charge in [-0.3, -0.25) is 14.7 Å². The van der Waals surface area contributed by atoms with Crippen molar-refractivity contribution in [1.29, 1.82) is 0 Å². The molecule has 160 valence electrons. The molecule has 0 aromatic carbocycles. The van der Waals surface area contributed by atoms with Gasteiger partial charge in [-0.1, -0.05) is 26.7 Å². The minimum absolute atomic E-state index is 0.331. The first kappa shape index (κ1) is 21.4. The van der Waals surface area contributed by atoms with E-state index in [0.717, 1.165) is 70.5 Å². The largest absolute Gasteiger partial charge is 0.356 e. The second-order valence-corrected chi connectivity index (χ2v) is 9.60. The van der Waals surface area contributed by atoms with Crippen LogP contribution in [0.3, 0.4) is 0 Å². The number of carbonyl (C=O) groups is 1. The standard InChI is InChI=1S/C22H41N5O/c1-18(2)16-22(8-5-9-22)17-25-21(23-3)24-10-11-26-12-14-27(15-13-26)20(28)19-6-4-7-19/h18-19H,4-17H2,1-3H3,(H2,23,24,25). The smallest absolute Gasteiger partial charge is 0.225 e. The highest BCUT2D eigenvalue weighted by Crippen LogP contribution is 2.45. The maximum absolute atomic E-state index is 12.3. The van der Waals surface area contributed by atoms with E-state index < -0.39 is 0 Å². The Morgan fingerprint density at radius 1 is 1.11 bits per heavy atom. The lowest BCUT2D eigenvalue weighted by Crippen LogP contribution is -2.53. The molecular formula is C22H41N5O. The number of guanidine groups is 1. The monoisotopic (exact) mass is 391 g/mol. The Balaban J connectivity index is 1.31. The van der Waals surface area contributed by atoms with Crippen molar-refractivity contribution in [2.45, 2.75) is 58.8 Å². The average molecular weight is 392 g/mol. The summed E-state index contributed by atoms with van der Waals surface area (Å²) in [6.07, 6.45) is 8.81. The lowest BCUT2D eigenvalue weighted by Gasteiger charge is -2.43. The summed E-state index contributed by atoms with van der Waals surface area (Å²) >= 11 is 0. The van der Waals surface area contributed by atoms with Crippen molar-refractivity contribution in [3.05, 3.63) is 0 Å². The molecule has 1 heterocycles. The van der Waals surface area contributed by atoms with Gasteiger partial charge in [0, 0.05) is 58.8 Å². The first-order valence-electron chi connectivity index (χ1n) is 11.5. The second kappa shape index (κ2) is 9.95. The summed E-state index contributed by atoms with van der Waals surface area (Å²) in [7, 11) is 1.86. The molecule has 0 aromatic rings. The van der Waals surface area contributed by atoms with Gasteiger partial charge in [-0.05, 0) is 43.4 Å². The fourth-order valence-corrected chi connectivity index (χ4v) is 4.93. The zero-order valence-electron chi connectivity index (χ0n) is 18.3. The molecule has 1 saturated heterocycles. The van der Waals surface area contributed by atoms with Crippen molar-refractivity contribution in [2.24, 2.45) is 22.2 Å². The van der Waals surface area contributed by atoms with Crippen LogP contribution in [0, 0.1) is 17.3 Å². The summed E-state index contributed by atoms with van der Waals surface area (Å²) in [5, 5.41) is 7.05. The maximum Gasteiger partial charge on any atom is 0.225 e. The highest BCUT2D eigenvalue weighted by Gasteiger charge is 2.37. The van der Waals surface area contributed by atoms with E-state index in [-0.39, 0.29) is 0 Å². The van der Waals surface area contributed by atoms with Crippen LogP contribution in [0.15, 0.2) is 4.99 Å². The second-order valence-electron chi connectivity index (χ2n) is 9.60. The van der Waals surface area contributed by atoms with Gasteiger partial charge in [-0.15, -0.1) is 0 Å². The first-order chi connectivity index (χ1) is 13.5. The maximum atomic E-state index is 12.3. The quantitative estimate of drug-likeness (QED) is 0.492. The summed E-state index contributed by atoms with van der Waals surface area (Å²) < 4.78 is 0. The molecule has 2 aliphatic carbocycles. The third-order valence-electron chi connectivity index (χ3n) is 6.97. The zero-order valence-corrected chi connectivity index (χ0v) is 18.3. The molecule has 0 radical (unpaired) electrons. The normalized spacial score (nSPS) is 23.3. The SMILES string of the molecule is CN=C(NCCN1CCN(C(=O)C2CCC2)CC1)NCC1(CC(C)C)CCC1. The molecule has 2 N–H and O–H groups in total. The Bertz CT molecular complexity index is 531. The van der Waals surface area contributed by atoms with Gasteiger partial charge in [-0.2, -0.15) is 0 Å². The summed E-state index contributed by atoms with van der Waals surface area (Å²) in [5.41, 5.74) is 0.481. The molecule has 6 nitrogen and oxygen atoms in total. The number of rotatable bonds is 8. The van der Waals surface area contributed by atoms with Gasteiger partial charge < -0.3 is 15.5 Å². The van der Waals surface area contributed by atoms with Gasteiger partial charge in [0.15, 0.2) is 5.96 Å². The van der Waals surface area contributed by atoms with Crippen LogP contribution in [0.1, 0.15) is 58.8 Å². The van der Waals surface area contributed by atoms with E-state index >= 15 is 0 Å². The number of hydrogen-bond acceptors (Lipinski definition) is 3. The van der Waals surface area contributed by atoms with Crippen molar-refractivity contribution in [1.82, 2.24) is 20.4 Å². The lowest BCUT2D eigenvalue weighted by atomic mass is 9.64. The van der Waals surface area contributed by atoms with Crippen molar-refractivity contribution in [3.63, 3.8) is 0 Å². The predicted octanol–water partition coefficient (Wildman–Crippen LogP) is 2.31. The highest BCUT2D eigenvalue weighted by atomic mass is 16.2. The predicted molar refractivity (Wildman–Crippen MR) is 115 cm³/mol. The fourth-order valence-electron chi connectivity index (χ4n) is 4.93. The molecule has 1 amide bonds. The number of hydrogen-bond donors (Lipinski definition) is 2. The number of carbonyl (C=O) groups excluding carboxylic acids is 1. The third-order valence-corrected chi connectivity index (χ3v) is 6.97. The fraction of sp³-hybridized carbons (Fsp3) is 0.909. The van der Waals surface area contributed by atoms with Gasteiger partial charge in [0.2, 0.25) is 5.91 Å². The minimum atomic E-state index is 0.331. The van der Waals surface area contributed by atoms with E-state index in [4.69, 9.17) is 0 Å². The average Bonchev–Trinajstić information content (AvgIpc) is 2.60. The molecule has 3 aliphatic rings. The Morgan fingerprint density at radius 2 is 1.82 bits per heavy atom. The summed E-state index contributed by atoms with van der Waals surface area (Å²) in [6, 6.07) is 0. The van der Waals surface area contributed by atoms with Gasteiger partial charge in [0.1, 0.15) is 0 Å². The molecule has 0 unspecified atom stereocenters. The van der Waals surface area contributed by atoms with E-state index in [1.54, 1.807) is 0 Å². The highest BCUT2D eigenvalue weighted by molar-refractivity contribution is 5.80. The molecule has 0 atom stereocenters. The molecule has 3 fully saturated rings. The Morgan fingerprint density at radius 3 is 2.32 bits per heavy atom. The summed E-state index contributed by atoms with van der Waals surface area (Å²) in [6.45, 7) is 11.3.